The van der Waals surface area contributed by atoms with Crippen LogP contribution >= 0.6 is 0 Å². The molecule has 0 spiro atoms. The summed E-state index contributed by atoms with van der Waals surface area (Å²) < 4.78 is 10.6. The first-order chi connectivity index (χ1) is 6.88. The van der Waals surface area contributed by atoms with E-state index in [1.807, 2.05) is 44.2 Å². The molecule has 0 atom stereocenters. The summed E-state index contributed by atoms with van der Waals surface area (Å²) in [5, 5.41) is 0. The van der Waals surface area contributed by atoms with Crippen molar-refractivity contribution >= 4 is 6.08 Å². The first-order valence-electron chi connectivity index (χ1n) is 4.88. The molecule has 0 saturated heterocycles. The zero-order valence-electron chi connectivity index (χ0n) is 8.69. The molecule has 0 aliphatic carbocycles. The van der Waals surface area contributed by atoms with Crippen LogP contribution in [0.25, 0.3) is 6.08 Å². The predicted molar refractivity (Wildman–Crippen MR) is 58.3 cm³/mol. The van der Waals surface area contributed by atoms with Crippen LogP contribution in [0.2, 0.25) is 0 Å². The molecule has 2 heteroatoms. The molecule has 0 saturated carbocycles. The maximum atomic E-state index is 5.46. The molecular formula is C12H16O2. The van der Waals surface area contributed by atoms with E-state index in [2.05, 4.69) is 0 Å². The second-order valence-electron chi connectivity index (χ2n) is 2.73. The van der Waals surface area contributed by atoms with Crippen molar-refractivity contribution in [2.45, 2.75) is 13.8 Å². The van der Waals surface area contributed by atoms with E-state index < -0.39 is 0 Å². The van der Waals surface area contributed by atoms with Crippen molar-refractivity contribution in [1.29, 1.82) is 0 Å². The Morgan fingerprint density at radius 1 is 1.14 bits per heavy atom. The molecule has 0 fully saturated rings. The Morgan fingerprint density at radius 3 is 2.64 bits per heavy atom. The number of benzene rings is 1. The van der Waals surface area contributed by atoms with Gasteiger partial charge in [0, 0.05) is 5.56 Å². The van der Waals surface area contributed by atoms with E-state index in [1.54, 1.807) is 6.26 Å². The van der Waals surface area contributed by atoms with Crippen molar-refractivity contribution in [3.8, 4) is 5.75 Å². The topological polar surface area (TPSA) is 18.5 Å². The van der Waals surface area contributed by atoms with E-state index >= 15 is 0 Å². The Morgan fingerprint density at radius 2 is 1.93 bits per heavy atom. The van der Waals surface area contributed by atoms with E-state index in [1.165, 1.54) is 0 Å². The Hall–Kier alpha value is -1.44. The van der Waals surface area contributed by atoms with Gasteiger partial charge in [0.2, 0.25) is 0 Å². The lowest BCUT2D eigenvalue weighted by Crippen LogP contribution is -1.93. The van der Waals surface area contributed by atoms with Gasteiger partial charge < -0.3 is 9.47 Å². The summed E-state index contributed by atoms with van der Waals surface area (Å²) >= 11 is 0. The lowest BCUT2D eigenvalue weighted by molar-refractivity contribution is 0.272. The zero-order chi connectivity index (χ0) is 10.2. The van der Waals surface area contributed by atoms with Crippen LogP contribution in [-0.2, 0) is 4.74 Å². The van der Waals surface area contributed by atoms with Gasteiger partial charge in [0.1, 0.15) is 5.75 Å². The molecule has 2 nitrogen and oxygen atoms in total. The van der Waals surface area contributed by atoms with Crippen molar-refractivity contribution in [2.75, 3.05) is 13.2 Å². The molecule has 0 bridgehead atoms. The van der Waals surface area contributed by atoms with Crippen molar-refractivity contribution < 1.29 is 9.47 Å². The van der Waals surface area contributed by atoms with Crippen LogP contribution in [0.15, 0.2) is 30.5 Å². The molecule has 0 aliphatic rings. The van der Waals surface area contributed by atoms with Gasteiger partial charge in [0.25, 0.3) is 0 Å². The van der Waals surface area contributed by atoms with E-state index in [-0.39, 0.29) is 0 Å². The third-order valence-electron chi connectivity index (χ3n) is 1.73. The number of ether oxygens (including phenoxy) is 2. The fourth-order valence-electron chi connectivity index (χ4n) is 1.12. The van der Waals surface area contributed by atoms with Gasteiger partial charge in [-0.25, -0.2) is 0 Å². The maximum Gasteiger partial charge on any atom is 0.126 e. The molecule has 0 heterocycles. The highest BCUT2D eigenvalue weighted by molar-refractivity contribution is 5.56. The van der Waals surface area contributed by atoms with E-state index in [0.29, 0.717) is 13.2 Å². The molecular weight excluding hydrogens is 176 g/mol. The third-order valence-corrected chi connectivity index (χ3v) is 1.73. The first-order valence-corrected chi connectivity index (χ1v) is 4.88. The lowest BCUT2D eigenvalue weighted by Gasteiger charge is -2.05. The minimum atomic E-state index is 0.680. The van der Waals surface area contributed by atoms with Crippen LogP contribution in [0.1, 0.15) is 19.4 Å². The van der Waals surface area contributed by atoms with Gasteiger partial charge in [0.05, 0.1) is 19.5 Å². The summed E-state index contributed by atoms with van der Waals surface area (Å²) in [7, 11) is 0. The molecule has 0 radical (unpaired) electrons. The van der Waals surface area contributed by atoms with Crippen LogP contribution in [0.5, 0.6) is 5.75 Å². The van der Waals surface area contributed by atoms with Crippen LogP contribution in [-0.4, -0.2) is 13.2 Å². The van der Waals surface area contributed by atoms with Crippen LogP contribution in [0.4, 0.5) is 0 Å². The molecule has 0 amide bonds. The quantitative estimate of drug-likeness (QED) is 0.667. The Balaban J connectivity index is 2.73. The third kappa shape index (κ3) is 3.13. The molecule has 76 valence electrons. The summed E-state index contributed by atoms with van der Waals surface area (Å²) in [5.74, 6) is 0.894. The smallest absolute Gasteiger partial charge is 0.126 e. The molecule has 1 rings (SSSR count). The number of hydrogen-bond acceptors (Lipinski definition) is 2. The van der Waals surface area contributed by atoms with Gasteiger partial charge >= 0.3 is 0 Å². The lowest BCUT2D eigenvalue weighted by atomic mass is 10.2. The molecule has 0 aromatic heterocycles. The second kappa shape index (κ2) is 6.08. The summed E-state index contributed by atoms with van der Waals surface area (Å²) in [6.07, 6.45) is 3.60. The Kier molecular flexibility index (Phi) is 4.62. The predicted octanol–water partition coefficient (Wildman–Crippen LogP) is 3.09. The average molecular weight is 192 g/mol. The highest BCUT2D eigenvalue weighted by atomic mass is 16.5. The molecule has 0 aliphatic heterocycles. The fourth-order valence-corrected chi connectivity index (χ4v) is 1.12. The van der Waals surface area contributed by atoms with Gasteiger partial charge in [-0.15, -0.1) is 0 Å². The van der Waals surface area contributed by atoms with Crippen molar-refractivity contribution in [2.24, 2.45) is 0 Å². The monoisotopic (exact) mass is 192 g/mol. The van der Waals surface area contributed by atoms with E-state index in [9.17, 15) is 0 Å². The van der Waals surface area contributed by atoms with Crippen molar-refractivity contribution in [3.63, 3.8) is 0 Å². The van der Waals surface area contributed by atoms with Crippen LogP contribution in [0, 0.1) is 0 Å². The number of para-hydroxylation sites is 1. The van der Waals surface area contributed by atoms with Crippen LogP contribution in [0.3, 0.4) is 0 Å². The van der Waals surface area contributed by atoms with Gasteiger partial charge in [-0.2, -0.15) is 0 Å². The summed E-state index contributed by atoms with van der Waals surface area (Å²) in [6, 6.07) is 7.90. The van der Waals surface area contributed by atoms with Gasteiger partial charge in [-0.1, -0.05) is 18.2 Å². The number of hydrogen-bond donors (Lipinski definition) is 0. The van der Waals surface area contributed by atoms with Crippen molar-refractivity contribution in [3.05, 3.63) is 36.1 Å². The van der Waals surface area contributed by atoms with Gasteiger partial charge in [-0.05, 0) is 26.0 Å². The first kappa shape index (κ1) is 10.6. The largest absolute Gasteiger partial charge is 0.501 e. The molecule has 0 unspecified atom stereocenters. The highest BCUT2D eigenvalue weighted by Crippen LogP contribution is 2.19. The maximum absolute atomic E-state index is 5.46. The standard InChI is InChI=1S/C12H16O2/c1-3-13-10-9-11-7-5-6-8-12(11)14-4-2/h5-10H,3-4H2,1-2H3. The molecule has 14 heavy (non-hydrogen) atoms. The van der Waals surface area contributed by atoms with E-state index in [0.717, 1.165) is 11.3 Å². The second-order valence-corrected chi connectivity index (χ2v) is 2.73. The number of rotatable bonds is 5. The van der Waals surface area contributed by atoms with Crippen molar-refractivity contribution in [1.82, 2.24) is 0 Å². The van der Waals surface area contributed by atoms with Gasteiger partial charge in [-0.3, -0.25) is 0 Å². The summed E-state index contributed by atoms with van der Waals surface area (Å²) in [5.41, 5.74) is 1.04. The Bertz CT molecular complexity index is 292. The van der Waals surface area contributed by atoms with E-state index in [4.69, 9.17) is 9.47 Å². The SMILES string of the molecule is CCOC=Cc1ccccc1OCC. The molecule has 1 aromatic rings. The summed E-state index contributed by atoms with van der Waals surface area (Å²) in [4.78, 5) is 0. The normalized spacial score (nSPS) is 10.4. The van der Waals surface area contributed by atoms with Crippen LogP contribution < -0.4 is 4.74 Å². The minimum absolute atomic E-state index is 0.680. The fraction of sp³-hybridized carbons (Fsp3) is 0.333. The van der Waals surface area contributed by atoms with Gasteiger partial charge in [0.15, 0.2) is 0 Å². The summed E-state index contributed by atoms with van der Waals surface area (Å²) in [6.45, 7) is 5.30. The molecule has 1 aromatic carbocycles. The highest BCUT2D eigenvalue weighted by Gasteiger charge is 1.97. The zero-order valence-corrected chi connectivity index (χ0v) is 8.69. The average Bonchev–Trinajstić information content (AvgIpc) is 2.21. The Labute approximate surface area is 85.2 Å². The molecule has 0 N–H and O–H groups in total. The minimum Gasteiger partial charge on any atom is -0.501 e.